The van der Waals surface area contributed by atoms with Gasteiger partial charge < -0.3 is 10.6 Å². The van der Waals surface area contributed by atoms with E-state index in [4.69, 9.17) is 5.73 Å². The third-order valence-corrected chi connectivity index (χ3v) is 4.32. The van der Waals surface area contributed by atoms with Crippen LogP contribution in [-0.4, -0.2) is 40.7 Å². The molecule has 1 aromatic heterocycles. The van der Waals surface area contributed by atoms with Gasteiger partial charge in [-0.15, -0.1) is 11.8 Å². The van der Waals surface area contributed by atoms with Crippen molar-refractivity contribution in [2.24, 2.45) is 11.7 Å². The molecular weight excluding hydrogens is 246 g/mol. The van der Waals surface area contributed by atoms with Crippen LogP contribution in [0.5, 0.6) is 0 Å². The van der Waals surface area contributed by atoms with Gasteiger partial charge in [0.1, 0.15) is 0 Å². The van der Waals surface area contributed by atoms with E-state index in [9.17, 15) is 4.79 Å². The first kappa shape index (κ1) is 13.4. The average molecular weight is 265 g/mol. The molecule has 0 radical (unpaired) electrons. The number of carbonyl (C=O) groups is 1. The molecule has 2 rings (SSSR count). The van der Waals surface area contributed by atoms with Crippen LogP contribution in [0.3, 0.4) is 0 Å². The van der Waals surface area contributed by atoms with E-state index in [0.29, 0.717) is 24.3 Å². The molecule has 4 nitrogen and oxygen atoms in total. The van der Waals surface area contributed by atoms with Crippen molar-refractivity contribution in [3.05, 3.63) is 24.5 Å². The highest BCUT2D eigenvalue weighted by Crippen LogP contribution is 2.24. The lowest BCUT2D eigenvalue weighted by atomic mass is 10.1. The van der Waals surface area contributed by atoms with Crippen molar-refractivity contribution in [2.45, 2.75) is 24.3 Å². The minimum atomic E-state index is 0.209. The van der Waals surface area contributed by atoms with Gasteiger partial charge in [0.05, 0.1) is 5.75 Å². The molecular formula is C13H19N3OS. The van der Waals surface area contributed by atoms with Crippen LogP contribution in [0.2, 0.25) is 0 Å². The van der Waals surface area contributed by atoms with E-state index in [0.717, 1.165) is 17.9 Å². The highest BCUT2D eigenvalue weighted by molar-refractivity contribution is 8.00. The molecule has 2 N–H and O–H groups in total. The Morgan fingerprint density at radius 1 is 1.56 bits per heavy atom. The average Bonchev–Trinajstić information content (AvgIpc) is 2.78. The van der Waals surface area contributed by atoms with Gasteiger partial charge >= 0.3 is 0 Å². The van der Waals surface area contributed by atoms with E-state index in [1.54, 1.807) is 24.2 Å². The van der Waals surface area contributed by atoms with Crippen molar-refractivity contribution in [3.63, 3.8) is 0 Å². The van der Waals surface area contributed by atoms with Crippen LogP contribution in [0.25, 0.3) is 0 Å². The topological polar surface area (TPSA) is 59.2 Å². The molecule has 1 amide bonds. The van der Waals surface area contributed by atoms with Crippen LogP contribution in [0.4, 0.5) is 0 Å². The molecule has 18 heavy (non-hydrogen) atoms. The third-order valence-electron chi connectivity index (χ3n) is 3.33. The van der Waals surface area contributed by atoms with Gasteiger partial charge in [-0.1, -0.05) is 0 Å². The Morgan fingerprint density at radius 2 is 2.28 bits per heavy atom. The van der Waals surface area contributed by atoms with Crippen LogP contribution in [-0.2, 0) is 4.79 Å². The number of rotatable bonds is 4. The Balaban J connectivity index is 1.85. The van der Waals surface area contributed by atoms with Crippen LogP contribution in [0.15, 0.2) is 29.4 Å². The van der Waals surface area contributed by atoms with Crippen molar-refractivity contribution >= 4 is 17.7 Å². The quantitative estimate of drug-likeness (QED) is 0.835. The zero-order valence-corrected chi connectivity index (χ0v) is 11.4. The molecule has 0 saturated carbocycles. The fraction of sp³-hybridized carbons (Fsp3) is 0.538. The molecule has 1 saturated heterocycles. The summed E-state index contributed by atoms with van der Waals surface area (Å²) in [5.41, 5.74) is 5.67. The number of amides is 1. The molecule has 0 aromatic carbocycles. The summed E-state index contributed by atoms with van der Waals surface area (Å²) < 4.78 is 0. The molecule has 0 aliphatic carbocycles. The monoisotopic (exact) mass is 265 g/mol. The number of hydrogen-bond acceptors (Lipinski definition) is 4. The number of nitrogens with two attached hydrogens (primary N) is 1. The zero-order chi connectivity index (χ0) is 13.0. The van der Waals surface area contributed by atoms with Gasteiger partial charge in [-0.05, 0) is 37.9 Å². The summed E-state index contributed by atoms with van der Waals surface area (Å²) in [6.07, 6.45) is 4.52. The van der Waals surface area contributed by atoms with Crippen molar-refractivity contribution in [2.75, 3.05) is 18.8 Å². The SMILES string of the molecule is CC1CC(CN)CN1C(=O)CSc1ccncc1. The normalized spacial score (nSPS) is 23.3. The van der Waals surface area contributed by atoms with Gasteiger partial charge in [-0.3, -0.25) is 9.78 Å². The van der Waals surface area contributed by atoms with Gasteiger partial charge in [0.15, 0.2) is 0 Å². The lowest BCUT2D eigenvalue weighted by molar-refractivity contribution is -0.128. The van der Waals surface area contributed by atoms with Crippen molar-refractivity contribution < 1.29 is 4.79 Å². The summed E-state index contributed by atoms with van der Waals surface area (Å²) >= 11 is 1.56. The van der Waals surface area contributed by atoms with E-state index >= 15 is 0 Å². The fourth-order valence-electron chi connectivity index (χ4n) is 2.32. The van der Waals surface area contributed by atoms with Crippen LogP contribution < -0.4 is 5.73 Å². The number of hydrogen-bond donors (Lipinski definition) is 1. The summed E-state index contributed by atoms with van der Waals surface area (Å²) in [7, 11) is 0. The Morgan fingerprint density at radius 3 is 2.89 bits per heavy atom. The number of thioether (sulfide) groups is 1. The molecule has 2 heterocycles. The Bertz CT molecular complexity index is 398. The zero-order valence-electron chi connectivity index (χ0n) is 10.6. The van der Waals surface area contributed by atoms with E-state index in [1.807, 2.05) is 17.0 Å². The highest BCUT2D eigenvalue weighted by Gasteiger charge is 2.31. The second kappa shape index (κ2) is 6.20. The lowest BCUT2D eigenvalue weighted by Crippen LogP contribution is -2.35. The van der Waals surface area contributed by atoms with E-state index in [2.05, 4.69) is 11.9 Å². The van der Waals surface area contributed by atoms with Gasteiger partial charge in [0.25, 0.3) is 0 Å². The predicted molar refractivity (Wildman–Crippen MR) is 73.3 cm³/mol. The maximum Gasteiger partial charge on any atom is 0.233 e. The maximum atomic E-state index is 12.1. The maximum absolute atomic E-state index is 12.1. The smallest absolute Gasteiger partial charge is 0.233 e. The molecule has 5 heteroatoms. The number of pyridine rings is 1. The first-order valence-electron chi connectivity index (χ1n) is 6.23. The Hall–Kier alpha value is -1.07. The summed E-state index contributed by atoms with van der Waals surface area (Å²) in [5, 5.41) is 0. The summed E-state index contributed by atoms with van der Waals surface area (Å²) in [6, 6.07) is 4.17. The fourth-order valence-corrected chi connectivity index (χ4v) is 3.09. The molecule has 1 aromatic rings. The van der Waals surface area contributed by atoms with Gasteiger partial charge in [0, 0.05) is 29.9 Å². The van der Waals surface area contributed by atoms with Gasteiger partial charge in [-0.2, -0.15) is 0 Å². The molecule has 0 spiro atoms. The first-order valence-corrected chi connectivity index (χ1v) is 7.21. The molecule has 2 unspecified atom stereocenters. The number of likely N-dealkylation sites (tertiary alicyclic amines) is 1. The largest absolute Gasteiger partial charge is 0.339 e. The second-order valence-corrected chi connectivity index (χ2v) is 5.75. The third kappa shape index (κ3) is 3.23. The predicted octanol–water partition coefficient (Wildman–Crippen LogP) is 1.37. The lowest BCUT2D eigenvalue weighted by Gasteiger charge is -2.21. The van der Waals surface area contributed by atoms with Crippen LogP contribution >= 0.6 is 11.8 Å². The Kier molecular flexibility index (Phi) is 4.60. The molecule has 0 bridgehead atoms. The van der Waals surface area contributed by atoms with E-state index in [-0.39, 0.29) is 5.91 Å². The van der Waals surface area contributed by atoms with Crippen molar-refractivity contribution in [3.8, 4) is 0 Å². The number of nitrogens with zero attached hydrogens (tertiary/aromatic N) is 2. The number of carbonyl (C=O) groups excluding carboxylic acids is 1. The van der Waals surface area contributed by atoms with Crippen molar-refractivity contribution in [1.82, 2.24) is 9.88 Å². The molecule has 2 atom stereocenters. The minimum Gasteiger partial charge on any atom is -0.339 e. The summed E-state index contributed by atoms with van der Waals surface area (Å²) in [5.74, 6) is 1.17. The van der Waals surface area contributed by atoms with Crippen molar-refractivity contribution in [1.29, 1.82) is 0 Å². The number of aromatic nitrogens is 1. The van der Waals surface area contributed by atoms with Crippen LogP contribution in [0.1, 0.15) is 13.3 Å². The molecule has 1 fully saturated rings. The van der Waals surface area contributed by atoms with E-state index in [1.165, 1.54) is 0 Å². The highest BCUT2D eigenvalue weighted by atomic mass is 32.2. The standard InChI is InChI=1S/C13H19N3OS/c1-10-6-11(7-14)8-16(10)13(17)9-18-12-2-4-15-5-3-12/h2-5,10-11H,6-9,14H2,1H3. The molecule has 1 aliphatic rings. The summed E-state index contributed by atoms with van der Waals surface area (Å²) in [4.78, 5) is 19.1. The molecule has 1 aliphatic heterocycles. The second-order valence-electron chi connectivity index (χ2n) is 4.70. The van der Waals surface area contributed by atoms with Gasteiger partial charge in [0.2, 0.25) is 5.91 Å². The molecule has 98 valence electrons. The van der Waals surface area contributed by atoms with Gasteiger partial charge in [-0.25, -0.2) is 0 Å². The van der Waals surface area contributed by atoms with E-state index < -0.39 is 0 Å². The minimum absolute atomic E-state index is 0.209. The first-order chi connectivity index (χ1) is 8.70. The summed E-state index contributed by atoms with van der Waals surface area (Å²) in [6.45, 7) is 3.59. The Labute approximate surface area is 112 Å². The van der Waals surface area contributed by atoms with Crippen LogP contribution in [0, 0.1) is 5.92 Å².